The standard InChI is InChI=1S/C17H28N4O4.HI/c1-16(2,3)25-15(22)21-9-7-20(8-10-21)14(18)19-12-17(4,23)13-6-5-11-24-13;/h5-6,11,23H,7-10,12H2,1-4H3,(H2,18,19);1H. The maximum atomic E-state index is 12.1. The van der Waals surface area contributed by atoms with Gasteiger partial charge in [-0.1, -0.05) is 0 Å². The van der Waals surface area contributed by atoms with Crippen LogP contribution in [0, 0.1) is 0 Å². The molecular formula is C17H29IN4O4. The van der Waals surface area contributed by atoms with Gasteiger partial charge < -0.3 is 29.8 Å². The largest absolute Gasteiger partial charge is 0.466 e. The summed E-state index contributed by atoms with van der Waals surface area (Å²) in [6, 6.07) is 3.41. The lowest BCUT2D eigenvalue weighted by Gasteiger charge is -2.36. The summed E-state index contributed by atoms with van der Waals surface area (Å²) in [5, 5.41) is 10.4. The fourth-order valence-corrected chi connectivity index (χ4v) is 2.44. The van der Waals surface area contributed by atoms with Crippen molar-refractivity contribution in [1.82, 2.24) is 9.80 Å². The van der Waals surface area contributed by atoms with E-state index in [9.17, 15) is 9.90 Å². The van der Waals surface area contributed by atoms with Crippen molar-refractivity contribution in [3.05, 3.63) is 24.2 Å². The van der Waals surface area contributed by atoms with E-state index in [1.807, 2.05) is 25.7 Å². The molecule has 1 amide bonds. The quantitative estimate of drug-likeness (QED) is 0.390. The highest BCUT2D eigenvalue weighted by Gasteiger charge is 2.28. The summed E-state index contributed by atoms with van der Waals surface area (Å²) < 4.78 is 10.6. The Bertz CT molecular complexity index is 603. The summed E-state index contributed by atoms with van der Waals surface area (Å²) in [7, 11) is 0. The number of nitrogens with two attached hydrogens (primary N) is 1. The van der Waals surface area contributed by atoms with Crippen LogP contribution in [0.4, 0.5) is 4.79 Å². The van der Waals surface area contributed by atoms with Crippen LogP contribution in [0.1, 0.15) is 33.5 Å². The van der Waals surface area contributed by atoms with Crippen molar-refractivity contribution in [2.24, 2.45) is 10.7 Å². The zero-order valence-electron chi connectivity index (χ0n) is 15.8. The number of halogens is 1. The topological polar surface area (TPSA) is 105 Å². The molecule has 1 fully saturated rings. The molecule has 1 aromatic heterocycles. The van der Waals surface area contributed by atoms with Crippen molar-refractivity contribution in [2.45, 2.75) is 38.9 Å². The van der Waals surface area contributed by atoms with Gasteiger partial charge in [0.15, 0.2) is 5.96 Å². The minimum absolute atomic E-state index is 0. The molecule has 0 aromatic carbocycles. The molecule has 2 heterocycles. The number of carbonyl (C=O) groups excluding carboxylic acids is 1. The first-order valence-corrected chi connectivity index (χ1v) is 8.38. The average molecular weight is 480 g/mol. The van der Waals surface area contributed by atoms with Crippen molar-refractivity contribution >= 4 is 36.0 Å². The van der Waals surface area contributed by atoms with Gasteiger partial charge in [-0.25, -0.2) is 9.79 Å². The number of rotatable bonds is 3. The van der Waals surface area contributed by atoms with Gasteiger partial charge in [-0.2, -0.15) is 0 Å². The monoisotopic (exact) mass is 480 g/mol. The van der Waals surface area contributed by atoms with E-state index in [4.69, 9.17) is 14.9 Å². The summed E-state index contributed by atoms with van der Waals surface area (Å²) in [5.74, 6) is 0.787. The van der Waals surface area contributed by atoms with Crippen LogP contribution in [-0.4, -0.2) is 65.3 Å². The van der Waals surface area contributed by atoms with Crippen LogP contribution in [0.2, 0.25) is 0 Å². The maximum Gasteiger partial charge on any atom is 0.410 e. The summed E-state index contributed by atoms with van der Waals surface area (Å²) >= 11 is 0. The second-order valence-corrected chi connectivity index (χ2v) is 7.38. The zero-order valence-corrected chi connectivity index (χ0v) is 18.1. The van der Waals surface area contributed by atoms with Crippen molar-refractivity contribution in [3.63, 3.8) is 0 Å². The third-order valence-corrected chi connectivity index (χ3v) is 3.86. The van der Waals surface area contributed by atoms with Gasteiger partial charge in [0.25, 0.3) is 0 Å². The molecule has 1 aromatic rings. The number of nitrogens with zero attached hydrogens (tertiary/aromatic N) is 3. The number of hydrogen-bond acceptors (Lipinski definition) is 5. The molecule has 0 saturated carbocycles. The molecule has 1 unspecified atom stereocenters. The minimum atomic E-state index is -1.22. The zero-order chi connectivity index (χ0) is 18.7. The maximum absolute atomic E-state index is 12.1. The fraction of sp³-hybridized carbons (Fsp3) is 0.647. The lowest BCUT2D eigenvalue weighted by atomic mass is 10.0. The number of aliphatic hydroxyl groups is 1. The molecule has 2 rings (SSSR count). The number of guanidine groups is 1. The second-order valence-electron chi connectivity index (χ2n) is 7.38. The lowest BCUT2D eigenvalue weighted by molar-refractivity contribution is 0.0185. The Morgan fingerprint density at radius 3 is 2.35 bits per heavy atom. The van der Waals surface area contributed by atoms with Crippen LogP contribution in [0.15, 0.2) is 27.8 Å². The van der Waals surface area contributed by atoms with Crippen LogP contribution >= 0.6 is 24.0 Å². The van der Waals surface area contributed by atoms with Crippen molar-refractivity contribution in [3.8, 4) is 0 Å². The Hall–Kier alpha value is -1.49. The lowest BCUT2D eigenvalue weighted by Crippen LogP contribution is -2.53. The Morgan fingerprint density at radius 1 is 1.27 bits per heavy atom. The molecule has 1 aliphatic rings. The van der Waals surface area contributed by atoms with Crippen molar-refractivity contribution in [1.29, 1.82) is 0 Å². The summed E-state index contributed by atoms with van der Waals surface area (Å²) in [6.45, 7) is 9.42. The molecule has 0 spiro atoms. The molecular weight excluding hydrogens is 451 g/mol. The molecule has 9 heteroatoms. The van der Waals surface area contributed by atoms with E-state index < -0.39 is 11.2 Å². The van der Waals surface area contributed by atoms with Crippen LogP contribution in [0.3, 0.4) is 0 Å². The number of hydrogen-bond donors (Lipinski definition) is 2. The highest BCUT2D eigenvalue weighted by atomic mass is 127. The summed E-state index contributed by atoms with van der Waals surface area (Å²) in [6.07, 6.45) is 1.19. The third-order valence-electron chi connectivity index (χ3n) is 3.86. The van der Waals surface area contributed by atoms with Gasteiger partial charge in [-0.05, 0) is 39.8 Å². The molecule has 0 aliphatic carbocycles. The predicted octanol–water partition coefficient (Wildman–Crippen LogP) is 1.97. The number of ether oxygens (including phenoxy) is 1. The number of aliphatic imine (C=N–C) groups is 1. The molecule has 26 heavy (non-hydrogen) atoms. The smallest absolute Gasteiger partial charge is 0.410 e. The minimum Gasteiger partial charge on any atom is -0.466 e. The van der Waals surface area contributed by atoms with Gasteiger partial charge in [0, 0.05) is 26.2 Å². The van der Waals surface area contributed by atoms with E-state index >= 15 is 0 Å². The number of piperazine rings is 1. The summed E-state index contributed by atoms with van der Waals surface area (Å²) in [5.41, 5.74) is 4.31. The molecule has 1 atom stereocenters. The fourth-order valence-electron chi connectivity index (χ4n) is 2.44. The van der Waals surface area contributed by atoms with Gasteiger partial charge in [0.05, 0.1) is 12.8 Å². The van der Waals surface area contributed by atoms with Gasteiger partial charge in [0.2, 0.25) is 0 Å². The molecule has 0 bridgehead atoms. The van der Waals surface area contributed by atoms with Crippen LogP contribution in [0.25, 0.3) is 0 Å². The number of carbonyl (C=O) groups is 1. The normalized spacial score (nSPS) is 18.1. The van der Waals surface area contributed by atoms with E-state index in [-0.39, 0.29) is 36.6 Å². The number of furan rings is 1. The van der Waals surface area contributed by atoms with E-state index in [1.165, 1.54) is 6.26 Å². The SMILES string of the molecule is CC(C)(C)OC(=O)N1CCN(C(N)=NCC(C)(O)c2ccco2)CC1.I. The van der Waals surface area contributed by atoms with Gasteiger partial charge in [-0.3, -0.25) is 0 Å². The first-order valence-electron chi connectivity index (χ1n) is 8.38. The van der Waals surface area contributed by atoms with Gasteiger partial charge >= 0.3 is 6.09 Å². The van der Waals surface area contributed by atoms with Crippen LogP contribution in [-0.2, 0) is 10.3 Å². The van der Waals surface area contributed by atoms with Crippen molar-refractivity contribution < 1.29 is 19.1 Å². The molecule has 1 aliphatic heterocycles. The summed E-state index contributed by atoms with van der Waals surface area (Å²) in [4.78, 5) is 19.9. The molecule has 148 valence electrons. The van der Waals surface area contributed by atoms with E-state index in [0.717, 1.165) is 0 Å². The predicted molar refractivity (Wildman–Crippen MR) is 110 cm³/mol. The first kappa shape index (κ1) is 22.6. The first-order chi connectivity index (χ1) is 11.6. The molecule has 1 saturated heterocycles. The average Bonchev–Trinajstić information content (AvgIpc) is 3.06. The Balaban J connectivity index is 0.00000338. The highest BCUT2D eigenvalue weighted by Crippen LogP contribution is 2.21. The van der Waals surface area contributed by atoms with E-state index in [0.29, 0.717) is 37.9 Å². The van der Waals surface area contributed by atoms with E-state index in [2.05, 4.69) is 4.99 Å². The Kier molecular flexibility index (Phi) is 7.75. The van der Waals surface area contributed by atoms with Crippen LogP contribution in [0.5, 0.6) is 0 Å². The third kappa shape index (κ3) is 6.35. The van der Waals surface area contributed by atoms with Crippen molar-refractivity contribution in [2.75, 3.05) is 32.7 Å². The van der Waals surface area contributed by atoms with Gasteiger partial charge in [-0.15, -0.1) is 24.0 Å². The molecule has 8 nitrogen and oxygen atoms in total. The second kappa shape index (κ2) is 8.94. The number of amides is 1. The Labute approximate surface area is 171 Å². The highest BCUT2D eigenvalue weighted by molar-refractivity contribution is 14.0. The molecule has 3 N–H and O–H groups in total. The Morgan fingerprint density at radius 2 is 1.85 bits per heavy atom. The van der Waals surface area contributed by atoms with Gasteiger partial charge in [0.1, 0.15) is 17.0 Å². The van der Waals surface area contributed by atoms with E-state index in [1.54, 1.807) is 24.0 Å². The van der Waals surface area contributed by atoms with Crippen LogP contribution < -0.4 is 5.73 Å². The molecule has 0 radical (unpaired) electrons.